The SMILES string of the molecule is NOCCc1c(Cl)ccc(Br)c1F. The molecule has 5 heteroatoms. The lowest BCUT2D eigenvalue weighted by molar-refractivity contribution is 0.140. The van der Waals surface area contributed by atoms with Crippen molar-refractivity contribution in [2.75, 3.05) is 6.61 Å². The van der Waals surface area contributed by atoms with Crippen LogP contribution in [-0.2, 0) is 11.3 Å². The summed E-state index contributed by atoms with van der Waals surface area (Å²) in [6, 6.07) is 3.19. The van der Waals surface area contributed by atoms with Crippen LogP contribution in [0, 0.1) is 5.82 Å². The van der Waals surface area contributed by atoms with Gasteiger partial charge in [-0.15, -0.1) is 0 Å². The maximum atomic E-state index is 13.4. The number of hydrogen-bond acceptors (Lipinski definition) is 2. The second-order valence-electron chi connectivity index (χ2n) is 2.44. The smallest absolute Gasteiger partial charge is 0.142 e. The molecule has 1 rings (SSSR count). The van der Waals surface area contributed by atoms with E-state index < -0.39 is 0 Å². The fourth-order valence-corrected chi connectivity index (χ4v) is 1.57. The van der Waals surface area contributed by atoms with Gasteiger partial charge in [-0.1, -0.05) is 11.6 Å². The lowest BCUT2D eigenvalue weighted by Gasteiger charge is -2.05. The highest BCUT2D eigenvalue weighted by molar-refractivity contribution is 9.10. The zero-order valence-corrected chi connectivity index (χ0v) is 9.03. The van der Waals surface area contributed by atoms with Crippen LogP contribution in [0.15, 0.2) is 16.6 Å². The number of rotatable bonds is 3. The summed E-state index contributed by atoms with van der Waals surface area (Å²) in [4.78, 5) is 4.36. The van der Waals surface area contributed by atoms with Crippen molar-refractivity contribution in [3.05, 3.63) is 33.0 Å². The van der Waals surface area contributed by atoms with Crippen molar-refractivity contribution in [3.8, 4) is 0 Å². The molecule has 0 aliphatic carbocycles. The van der Waals surface area contributed by atoms with Crippen LogP contribution in [0.3, 0.4) is 0 Å². The molecule has 1 aromatic rings. The van der Waals surface area contributed by atoms with Crippen LogP contribution < -0.4 is 5.90 Å². The quantitative estimate of drug-likeness (QED) is 0.676. The zero-order valence-electron chi connectivity index (χ0n) is 6.69. The molecule has 1 aromatic carbocycles. The van der Waals surface area contributed by atoms with Crippen LogP contribution in [0.5, 0.6) is 0 Å². The Morgan fingerprint density at radius 3 is 2.85 bits per heavy atom. The molecule has 0 saturated heterocycles. The monoisotopic (exact) mass is 267 g/mol. The number of nitrogens with two attached hydrogens (primary N) is 1. The summed E-state index contributed by atoms with van der Waals surface area (Å²) >= 11 is 8.85. The number of hydrogen-bond donors (Lipinski definition) is 1. The van der Waals surface area contributed by atoms with Gasteiger partial charge in [-0.05, 0) is 28.1 Å². The van der Waals surface area contributed by atoms with Crippen LogP contribution in [0.2, 0.25) is 5.02 Å². The van der Waals surface area contributed by atoms with Gasteiger partial charge in [0.25, 0.3) is 0 Å². The van der Waals surface area contributed by atoms with Crippen molar-refractivity contribution >= 4 is 27.5 Å². The average Bonchev–Trinajstić information content (AvgIpc) is 2.12. The van der Waals surface area contributed by atoms with E-state index in [1.807, 2.05) is 0 Å². The molecule has 0 fully saturated rings. The third-order valence-electron chi connectivity index (χ3n) is 1.61. The average molecular weight is 269 g/mol. The van der Waals surface area contributed by atoms with Crippen molar-refractivity contribution in [3.63, 3.8) is 0 Å². The van der Waals surface area contributed by atoms with Gasteiger partial charge in [0.1, 0.15) is 5.82 Å². The largest absolute Gasteiger partial charge is 0.304 e. The minimum Gasteiger partial charge on any atom is -0.304 e. The van der Waals surface area contributed by atoms with Crippen molar-refractivity contribution in [1.82, 2.24) is 0 Å². The highest BCUT2D eigenvalue weighted by atomic mass is 79.9. The summed E-state index contributed by atoms with van der Waals surface area (Å²) < 4.78 is 13.8. The molecule has 72 valence electrons. The minimum absolute atomic E-state index is 0.243. The molecular weight excluding hydrogens is 260 g/mol. The van der Waals surface area contributed by atoms with Gasteiger partial charge in [0, 0.05) is 17.0 Å². The first kappa shape index (κ1) is 10.9. The number of benzene rings is 1. The summed E-state index contributed by atoms with van der Waals surface area (Å²) in [5.41, 5.74) is 0.418. The fraction of sp³-hybridized carbons (Fsp3) is 0.250. The standard InChI is InChI=1S/C8H8BrClFNO/c9-6-1-2-7(10)5(8(6)11)3-4-13-12/h1-2H,3-4,12H2. The molecule has 0 saturated carbocycles. The molecule has 2 nitrogen and oxygen atoms in total. The van der Waals surface area contributed by atoms with E-state index in [9.17, 15) is 4.39 Å². The fourth-order valence-electron chi connectivity index (χ4n) is 0.959. The van der Waals surface area contributed by atoms with Crippen molar-refractivity contribution in [1.29, 1.82) is 0 Å². The Bertz CT molecular complexity index is 308. The molecule has 0 unspecified atom stereocenters. The van der Waals surface area contributed by atoms with Gasteiger partial charge >= 0.3 is 0 Å². The lowest BCUT2D eigenvalue weighted by Crippen LogP contribution is -2.05. The topological polar surface area (TPSA) is 35.2 Å². The maximum absolute atomic E-state index is 13.4. The Balaban J connectivity index is 2.96. The van der Waals surface area contributed by atoms with Gasteiger partial charge in [-0.25, -0.2) is 10.3 Å². The van der Waals surface area contributed by atoms with Crippen LogP contribution in [0.25, 0.3) is 0 Å². The maximum Gasteiger partial charge on any atom is 0.142 e. The molecule has 2 N–H and O–H groups in total. The molecule has 0 amide bonds. The summed E-state index contributed by atoms with van der Waals surface area (Å²) in [5.74, 6) is 4.48. The summed E-state index contributed by atoms with van der Waals surface area (Å²) in [5, 5.41) is 0.387. The van der Waals surface area contributed by atoms with Crippen LogP contribution in [0.4, 0.5) is 4.39 Å². The number of halogens is 3. The molecule has 0 spiro atoms. The predicted molar refractivity (Wildman–Crippen MR) is 53.0 cm³/mol. The van der Waals surface area contributed by atoms with E-state index in [2.05, 4.69) is 20.8 Å². The summed E-state index contributed by atoms with van der Waals surface area (Å²) in [7, 11) is 0. The Hall–Kier alpha value is -0.160. The third kappa shape index (κ3) is 2.64. The molecule has 0 aromatic heterocycles. The second kappa shape index (κ2) is 4.91. The van der Waals surface area contributed by atoms with E-state index in [-0.39, 0.29) is 12.4 Å². The van der Waals surface area contributed by atoms with Crippen molar-refractivity contribution in [2.45, 2.75) is 6.42 Å². The van der Waals surface area contributed by atoms with Crippen LogP contribution >= 0.6 is 27.5 Å². The van der Waals surface area contributed by atoms with Gasteiger partial charge in [0.05, 0.1) is 11.1 Å². The van der Waals surface area contributed by atoms with Gasteiger partial charge in [0.15, 0.2) is 0 Å². The molecule has 0 bridgehead atoms. The highest BCUT2D eigenvalue weighted by Gasteiger charge is 2.10. The molecular formula is C8H8BrClFNO. The van der Waals surface area contributed by atoms with Crippen LogP contribution in [-0.4, -0.2) is 6.61 Å². The molecule has 0 radical (unpaired) electrons. The Labute approximate surface area is 88.9 Å². The molecule has 0 aliphatic heterocycles. The van der Waals surface area contributed by atoms with E-state index in [1.54, 1.807) is 12.1 Å². The van der Waals surface area contributed by atoms with E-state index in [0.29, 0.717) is 21.5 Å². The molecule has 0 heterocycles. The van der Waals surface area contributed by atoms with E-state index in [4.69, 9.17) is 17.5 Å². The van der Waals surface area contributed by atoms with Gasteiger partial charge < -0.3 is 4.84 Å². The second-order valence-corrected chi connectivity index (χ2v) is 3.70. The summed E-state index contributed by atoms with van der Waals surface area (Å²) in [6.45, 7) is 0.243. The van der Waals surface area contributed by atoms with E-state index in [1.165, 1.54) is 0 Å². The predicted octanol–water partition coefficient (Wildman–Crippen LogP) is 2.67. The van der Waals surface area contributed by atoms with Gasteiger partial charge in [-0.3, -0.25) is 0 Å². The van der Waals surface area contributed by atoms with Gasteiger partial charge in [-0.2, -0.15) is 0 Å². The first-order chi connectivity index (χ1) is 6.16. The minimum atomic E-state index is -0.357. The first-order valence-electron chi connectivity index (χ1n) is 3.61. The lowest BCUT2D eigenvalue weighted by atomic mass is 10.1. The molecule has 13 heavy (non-hydrogen) atoms. The molecule has 0 aliphatic rings. The van der Waals surface area contributed by atoms with Gasteiger partial charge in [0.2, 0.25) is 0 Å². The van der Waals surface area contributed by atoms with Crippen LogP contribution in [0.1, 0.15) is 5.56 Å². The normalized spacial score (nSPS) is 10.5. The third-order valence-corrected chi connectivity index (χ3v) is 2.58. The Morgan fingerprint density at radius 2 is 2.23 bits per heavy atom. The van der Waals surface area contributed by atoms with E-state index in [0.717, 1.165) is 0 Å². The zero-order chi connectivity index (χ0) is 9.84. The summed E-state index contributed by atoms with van der Waals surface area (Å²) in [6.07, 6.45) is 0.362. The first-order valence-corrected chi connectivity index (χ1v) is 4.78. The Kier molecular flexibility index (Phi) is 4.12. The van der Waals surface area contributed by atoms with E-state index >= 15 is 0 Å². The molecule has 0 atom stereocenters. The van der Waals surface area contributed by atoms with Crippen molar-refractivity contribution < 1.29 is 9.23 Å². The highest BCUT2D eigenvalue weighted by Crippen LogP contribution is 2.26. The van der Waals surface area contributed by atoms with Crippen molar-refractivity contribution in [2.24, 2.45) is 5.90 Å². The Morgan fingerprint density at radius 1 is 1.54 bits per heavy atom.